The van der Waals surface area contributed by atoms with Crippen LogP contribution in [0.4, 0.5) is 0 Å². The smallest absolute Gasteiger partial charge is 0.220 e. The second-order valence-corrected chi connectivity index (χ2v) is 7.83. The van der Waals surface area contributed by atoms with Gasteiger partial charge in [-0.25, -0.2) is 0 Å². The molecule has 0 bridgehead atoms. The topological polar surface area (TPSA) is 50.2 Å². The Morgan fingerprint density at radius 2 is 2.04 bits per heavy atom. The lowest BCUT2D eigenvalue weighted by Crippen LogP contribution is -2.36. The number of benzene rings is 1. The fraction of sp³-hybridized carbons (Fsp3) is 0.524. The summed E-state index contributed by atoms with van der Waals surface area (Å²) in [5, 5.41) is 8.31. The number of rotatable bonds is 7. The van der Waals surface area contributed by atoms with Gasteiger partial charge in [0.1, 0.15) is 0 Å². The maximum Gasteiger partial charge on any atom is 0.220 e. The summed E-state index contributed by atoms with van der Waals surface area (Å²) in [7, 11) is 1.94. The van der Waals surface area contributed by atoms with E-state index in [0.717, 1.165) is 35.9 Å². The van der Waals surface area contributed by atoms with Crippen LogP contribution in [-0.4, -0.2) is 40.2 Å². The predicted molar refractivity (Wildman–Crippen MR) is 109 cm³/mol. The van der Waals surface area contributed by atoms with E-state index in [0.29, 0.717) is 13.0 Å². The number of nitrogens with one attached hydrogen (secondary N) is 1. The second kappa shape index (κ2) is 8.89. The second-order valence-electron chi connectivity index (χ2n) is 7.39. The third kappa shape index (κ3) is 4.90. The van der Waals surface area contributed by atoms with Crippen LogP contribution in [0.1, 0.15) is 47.8 Å². The van der Waals surface area contributed by atoms with E-state index < -0.39 is 0 Å². The van der Waals surface area contributed by atoms with Crippen molar-refractivity contribution in [2.24, 2.45) is 7.05 Å². The highest BCUT2D eigenvalue weighted by Gasteiger charge is 2.24. The molecule has 1 aliphatic heterocycles. The standard InChI is InChI=1S/C21H29ClN4O/c1-15-19(16(2)25(3)24-15)9-10-21(27)23-14-20(26-11-4-5-12-26)17-7-6-8-18(22)13-17/h6-8,13,20H,4-5,9-12,14H2,1-3H3,(H,23,27). The summed E-state index contributed by atoms with van der Waals surface area (Å²) < 4.78 is 1.88. The molecule has 6 heteroatoms. The zero-order chi connectivity index (χ0) is 19.4. The first-order valence-corrected chi connectivity index (χ1v) is 10.1. The SMILES string of the molecule is Cc1nn(C)c(C)c1CCC(=O)NCC(c1cccc(Cl)c1)N1CCCC1. The van der Waals surface area contributed by atoms with Crippen LogP contribution >= 0.6 is 11.6 Å². The van der Waals surface area contributed by atoms with Crippen molar-refractivity contribution in [2.75, 3.05) is 19.6 Å². The molecule has 1 fully saturated rings. The summed E-state index contributed by atoms with van der Waals surface area (Å²) >= 11 is 6.19. The van der Waals surface area contributed by atoms with Crippen LogP contribution in [0, 0.1) is 13.8 Å². The molecule has 5 nitrogen and oxygen atoms in total. The fourth-order valence-electron chi connectivity index (χ4n) is 3.94. The molecule has 1 N–H and O–H groups in total. The number of hydrogen-bond acceptors (Lipinski definition) is 3. The van der Waals surface area contributed by atoms with Crippen molar-refractivity contribution in [3.8, 4) is 0 Å². The molecule has 1 aliphatic rings. The molecule has 1 atom stereocenters. The molecule has 1 aromatic carbocycles. The molecule has 0 aliphatic carbocycles. The molecule has 0 saturated carbocycles. The number of hydrogen-bond donors (Lipinski definition) is 1. The zero-order valence-electron chi connectivity index (χ0n) is 16.5. The van der Waals surface area contributed by atoms with E-state index in [1.54, 1.807) is 0 Å². The van der Waals surface area contributed by atoms with Gasteiger partial charge < -0.3 is 5.32 Å². The third-order valence-corrected chi connectivity index (χ3v) is 5.80. The van der Waals surface area contributed by atoms with Gasteiger partial charge in [-0.3, -0.25) is 14.4 Å². The van der Waals surface area contributed by atoms with E-state index in [1.165, 1.54) is 24.0 Å². The Morgan fingerprint density at radius 3 is 2.67 bits per heavy atom. The van der Waals surface area contributed by atoms with E-state index in [-0.39, 0.29) is 11.9 Å². The van der Waals surface area contributed by atoms with Gasteiger partial charge in [0.25, 0.3) is 0 Å². The van der Waals surface area contributed by atoms with E-state index in [4.69, 9.17) is 11.6 Å². The number of halogens is 1. The average molecular weight is 389 g/mol. The zero-order valence-corrected chi connectivity index (χ0v) is 17.2. The minimum Gasteiger partial charge on any atom is -0.354 e. The van der Waals surface area contributed by atoms with Crippen LogP contribution in [0.5, 0.6) is 0 Å². The van der Waals surface area contributed by atoms with Gasteiger partial charge in [0, 0.05) is 30.7 Å². The highest BCUT2D eigenvalue weighted by molar-refractivity contribution is 6.30. The maximum atomic E-state index is 12.5. The highest BCUT2D eigenvalue weighted by Crippen LogP contribution is 2.26. The van der Waals surface area contributed by atoms with E-state index in [9.17, 15) is 4.79 Å². The van der Waals surface area contributed by atoms with E-state index in [2.05, 4.69) is 28.3 Å². The van der Waals surface area contributed by atoms with Crippen molar-refractivity contribution in [1.29, 1.82) is 0 Å². The average Bonchev–Trinajstić information content (AvgIpc) is 3.23. The Labute approximate surface area is 166 Å². The van der Waals surface area contributed by atoms with Crippen LogP contribution < -0.4 is 5.32 Å². The lowest BCUT2D eigenvalue weighted by molar-refractivity contribution is -0.121. The number of likely N-dealkylation sites (tertiary alicyclic amines) is 1. The Kier molecular flexibility index (Phi) is 6.55. The number of carbonyl (C=O) groups excluding carboxylic acids is 1. The fourth-order valence-corrected chi connectivity index (χ4v) is 4.14. The normalized spacial score (nSPS) is 15.9. The minimum atomic E-state index is 0.0869. The van der Waals surface area contributed by atoms with Gasteiger partial charge in [0.2, 0.25) is 5.91 Å². The predicted octanol–water partition coefficient (Wildman–Crippen LogP) is 3.58. The first kappa shape index (κ1) is 19.9. The van der Waals surface area contributed by atoms with Crippen LogP contribution in [0.2, 0.25) is 5.02 Å². The molecule has 1 unspecified atom stereocenters. The summed E-state index contributed by atoms with van der Waals surface area (Å²) in [5.74, 6) is 0.0869. The minimum absolute atomic E-state index is 0.0869. The van der Waals surface area contributed by atoms with E-state index in [1.807, 2.05) is 36.9 Å². The van der Waals surface area contributed by atoms with E-state index >= 15 is 0 Å². The molecule has 2 aromatic rings. The Hall–Kier alpha value is -1.85. The Morgan fingerprint density at radius 1 is 1.30 bits per heavy atom. The summed E-state index contributed by atoms with van der Waals surface area (Å²) in [6, 6.07) is 8.17. The van der Waals surface area contributed by atoms with Gasteiger partial charge in [0.05, 0.1) is 11.7 Å². The highest BCUT2D eigenvalue weighted by atomic mass is 35.5. The molecule has 1 amide bonds. The molecule has 146 valence electrons. The van der Waals surface area contributed by atoms with Gasteiger partial charge >= 0.3 is 0 Å². The molecule has 27 heavy (non-hydrogen) atoms. The summed E-state index contributed by atoms with van der Waals surface area (Å²) in [6.07, 6.45) is 3.63. The third-order valence-electron chi connectivity index (χ3n) is 5.57. The van der Waals surface area contributed by atoms with Crippen molar-refractivity contribution in [1.82, 2.24) is 20.0 Å². The molecule has 0 radical (unpaired) electrons. The lowest BCUT2D eigenvalue weighted by atomic mass is 10.0. The van der Waals surface area contributed by atoms with Crippen LogP contribution in [0.25, 0.3) is 0 Å². The molecule has 1 saturated heterocycles. The number of aromatic nitrogens is 2. The lowest BCUT2D eigenvalue weighted by Gasteiger charge is -2.28. The number of aryl methyl sites for hydroxylation is 2. The summed E-state index contributed by atoms with van der Waals surface area (Å²) in [4.78, 5) is 14.9. The number of carbonyl (C=O) groups is 1. The van der Waals surface area contributed by atoms with Gasteiger partial charge in [-0.15, -0.1) is 0 Å². The first-order chi connectivity index (χ1) is 13.0. The van der Waals surface area contributed by atoms with Crippen LogP contribution in [0.15, 0.2) is 24.3 Å². The van der Waals surface area contributed by atoms with Crippen molar-refractivity contribution in [3.63, 3.8) is 0 Å². The van der Waals surface area contributed by atoms with Gasteiger partial charge in [0.15, 0.2) is 0 Å². The van der Waals surface area contributed by atoms with Crippen LogP contribution in [-0.2, 0) is 18.3 Å². The molecule has 3 rings (SSSR count). The maximum absolute atomic E-state index is 12.5. The van der Waals surface area contributed by atoms with Gasteiger partial charge in [-0.05, 0) is 69.5 Å². The van der Waals surface area contributed by atoms with Crippen LogP contribution in [0.3, 0.4) is 0 Å². The van der Waals surface area contributed by atoms with Crippen molar-refractivity contribution < 1.29 is 4.79 Å². The van der Waals surface area contributed by atoms with Crippen molar-refractivity contribution in [3.05, 3.63) is 51.8 Å². The van der Waals surface area contributed by atoms with Crippen molar-refractivity contribution >= 4 is 17.5 Å². The van der Waals surface area contributed by atoms with Crippen molar-refractivity contribution in [2.45, 2.75) is 45.6 Å². The largest absolute Gasteiger partial charge is 0.354 e. The first-order valence-electron chi connectivity index (χ1n) is 9.71. The summed E-state index contributed by atoms with van der Waals surface area (Å²) in [6.45, 7) is 6.81. The monoisotopic (exact) mass is 388 g/mol. The molecule has 2 heterocycles. The quantitative estimate of drug-likeness (QED) is 0.788. The van der Waals surface area contributed by atoms with Gasteiger partial charge in [-0.2, -0.15) is 5.10 Å². The Balaban J connectivity index is 1.60. The Bertz CT molecular complexity index is 795. The molecule has 0 spiro atoms. The molecular formula is C21H29ClN4O. The van der Waals surface area contributed by atoms with Gasteiger partial charge in [-0.1, -0.05) is 23.7 Å². The molecule has 1 aromatic heterocycles. The summed E-state index contributed by atoms with van der Waals surface area (Å²) in [5.41, 5.74) is 4.49. The number of nitrogens with zero attached hydrogens (tertiary/aromatic N) is 3. The molecular weight excluding hydrogens is 360 g/mol. The number of amides is 1.